The lowest BCUT2D eigenvalue weighted by Crippen LogP contribution is -2.74. The lowest BCUT2D eigenvalue weighted by molar-refractivity contribution is -0.462. The second-order valence-corrected chi connectivity index (χ2v) is 9.33. The molecule has 0 saturated heterocycles. The highest BCUT2D eigenvalue weighted by Gasteiger charge is 2.95. The first kappa shape index (κ1) is 35.8. The van der Waals surface area contributed by atoms with E-state index in [-0.39, 0.29) is 0 Å². The van der Waals surface area contributed by atoms with Crippen molar-refractivity contribution in [1.29, 1.82) is 0 Å². The summed E-state index contributed by atoms with van der Waals surface area (Å²) in [6.07, 6.45) is -13.0. The fourth-order valence-electron chi connectivity index (χ4n) is 3.05. The fourth-order valence-corrected chi connectivity index (χ4v) is 3.05. The Balaban J connectivity index is 3.63. The van der Waals surface area contributed by atoms with Gasteiger partial charge in [0.2, 0.25) is 0 Å². The number of hydrogen-bond donors (Lipinski definition) is 0. The van der Waals surface area contributed by atoms with Crippen molar-refractivity contribution in [3.8, 4) is 5.75 Å². The van der Waals surface area contributed by atoms with E-state index in [1.54, 1.807) is 0 Å². The Kier molecular flexibility index (Phi) is 9.18. The van der Waals surface area contributed by atoms with Gasteiger partial charge in [-0.15, -0.1) is 0 Å². The normalized spacial score (nSPS) is 16.2. The number of alkyl halides is 17. The molecule has 2 nitrogen and oxygen atoms in total. The van der Waals surface area contributed by atoms with Gasteiger partial charge < -0.3 is 9.47 Å². The van der Waals surface area contributed by atoms with Gasteiger partial charge in [0, 0.05) is 19.1 Å². The van der Waals surface area contributed by atoms with Crippen molar-refractivity contribution in [1.82, 2.24) is 0 Å². The topological polar surface area (TPSA) is 18.5 Å². The van der Waals surface area contributed by atoms with Crippen molar-refractivity contribution in [3.05, 3.63) is 29.8 Å². The molecule has 0 aliphatic heterocycles. The van der Waals surface area contributed by atoms with Gasteiger partial charge in [0.1, 0.15) is 11.4 Å². The van der Waals surface area contributed by atoms with Crippen LogP contribution < -0.4 is 4.74 Å². The number of benzene rings is 1. The predicted molar refractivity (Wildman–Crippen MR) is 102 cm³/mol. The highest BCUT2D eigenvalue weighted by molar-refractivity contribution is 5.36. The largest absolute Gasteiger partial charge is 0.488 e. The Morgan fingerprint density at radius 3 is 1.32 bits per heavy atom. The molecule has 0 aromatic heterocycles. The molecule has 0 N–H and O–H groups in total. The maximum atomic E-state index is 14.5. The van der Waals surface area contributed by atoms with Gasteiger partial charge in [0.05, 0.1) is 6.10 Å². The van der Waals surface area contributed by atoms with Crippen LogP contribution >= 0.6 is 0 Å². The Hall–Kier alpha value is -2.21. The van der Waals surface area contributed by atoms with Crippen LogP contribution in [0.2, 0.25) is 0 Å². The lowest BCUT2D eigenvalue weighted by atomic mass is 9.87. The van der Waals surface area contributed by atoms with Gasteiger partial charge in [0.15, 0.2) is 0 Å². The molecule has 0 fully saturated rings. The first-order valence-electron chi connectivity index (χ1n) is 10.4. The summed E-state index contributed by atoms with van der Waals surface area (Å²) in [4.78, 5) is 0. The van der Waals surface area contributed by atoms with Crippen LogP contribution in [0.3, 0.4) is 0 Å². The maximum Gasteiger partial charge on any atom is 0.460 e. The molecular formula is C21H19F17O2. The number of halogens is 17. The average Bonchev–Trinajstić information content (AvgIpc) is 2.75. The summed E-state index contributed by atoms with van der Waals surface area (Å²) < 4.78 is 239. The highest BCUT2D eigenvalue weighted by atomic mass is 19.4. The Labute approximate surface area is 214 Å². The van der Waals surface area contributed by atoms with Crippen molar-refractivity contribution >= 4 is 0 Å². The number of rotatable bonds is 11. The zero-order valence-electron chi connectivity index (χ0n) is 20.3. The molecule has 1 aromatic rings. The number of hydrogen-bond acceptors (Lipinski definition) is 2. The van der Waals surface area contributed by atoms with Gasteiger partial charge in [-0.25, -0.2) is 0 Å². The molecule has 0 heterocycles. The van der Waals surface area contributed by atoms with Gasteiger partial charge in [0.25, 0.3) is 0 Å². The molecule has 1 rings (SSSR count). The van der Waals surface area contributed by atoms with E-state index in [2.05, 4.69) is 4.74 Å². The zero-order valence-corrected chi connectivity index (χ0v) is 20.3. The van der Waals surface area contributed by atoms with E-state index in [0.29, 0.717) is 7.11 Å². The highest BCUT2D eigenvalue weighted by Crippen LogP contribution is 2.64. The zero-order chi connectivity index (χ0) is 32.2. The van der Waals surface area contributed by atoms with Crippen LogP contribution in [-0.4, -0.2) is 60.3 Å². The second-order valence-electron chi connectivity index (χ2n) is 9.33. The molecule has 19 heteroatoms. The van der Waals surface area contributed by atoms with Crippen LogP contribution in [0.15, 0.2) is 24.3 Å². The van der Waals surface area contributed by atoms with Crippen molar-refractivity contribution in [2.45, 2.75) is 86.5 Å². The summed E-state index contributed by atoms with van der Waals surface area (Å²) in [5, 5.41) is 0. The van der Waals surface area contributed by atoms with E-state index in [1.807, 2.05) is 0 Å². The van der Waals surface area contributed by atoms with E-state index in [4.69, 9.17) is 4.74 Å². The Morgan fingerprint density at radius 2 is 0.950 bits per heavy atom. The SMILES string of the molecule is COC(CC(F)(F)C(F)(F)C(F)(F)C(F)(F)C(F)(F)C(F)(F)C(F)(F)C(F)(F)F)c1ccccc1OC(C)(C)C. The van der Waals surface area contributed by atoms with Crippen molar-refractivity contribution < 1.29 is 84.1 Å². The molecule has 0 bridgehead atoms. The van der Waals surface area contributed by atoms with Gasteiger partial charge >= 0.3 is 47.6 Å². The molecule has 1 unspecified atom stereocenters. The smallest absolute Gasteiger partial charge is 0.460 e. The summed E-state index contributed by atoms with van der Waals surface area (Å²) in [6, 6.07) is 4.15. The van der Waals surface area contributed by atoms with Crippen LogP contribution in [0.5, 0.6) is 5.75 Å². The second kappa shape index (κ2) is 10.3. The van der Waals surface area contributed by atoms with E-state index in [1.165, 1.54) is 26.8 Å². The third-order valence-electron chi connectivity index (χ3n) is 5.20. The summed E-state index contributed by atoms with van der Waals surface area (Å²) in [5.41, 5.74) is -1.72. The monoisotopic (exact) mass is 626 g/mol. The molecule has 0 aliphatic carbocycles. The molecule has 40 heavy (non-hydrogen) atoms. The van der Waals surface area contributed by atoms with Gasteiger partial charge in [-0.3, -0.25) is 0 Å². The molecular weight excluding hydrogens is 607 g/mol. The molecule has 0 spiro atoms. The van der Waals surface area contributed by atoms with E-state index < -0.39 is 77.1 Å². The van der Waals surface area contributed by atoms with Crippen LogP contribution in [0, 0.1) is 0 Å². The number of methoxy groups -OCH3 is 1. The van der Waals surface area contributed by atoms with E-state index >= 15 is 0 Å². The van der Waals surface area contributed by atoms with Crippen molar-refractivity contribution in [2.75, 3.05) is 7.11 Å². The van der Waals surface area contributed by atoms with Gasteiger partial charge in [-0.2, -0.15) is 74.6 Å². The fraction of sp³-hybridized carbons (Fsp3) is 0.714. The summed E-state index contributed by atoms with van der Waals surface area (Å²) in [6.45, 7) is 4.19. The Bertz CT molecular complexity index is 1020. The van der Waals surface area contributed by atoms with E-state index in [9.17, 15) is 74.6 Å². The minimum absolute atomic E-state index is 0.404. The minimum atomic E-state index is -8.67. The van der Waals surface area contributed by atoms with Gasteiger partial charge in [-0.1, -0.05) is 18.2 Å². The van der Waals surface area contributed by atoms with Crippen LogP contribution in [0.25, 0.3) is 0 Å². The average molecular weight is 626 g/mol. The molecule has 0 aliphatic rings. The van der Waals surface area contributed by atoms with Crippen LogP contribution in [0.4, 0.5) is 74.6 Å². The predicted octanol–water partition coefficient (Wildman–Crippen LogP) is 8.95. The minimum Gasteiger partial charge on any atom is -0.488 e. The molecule has 234 valence electrons. The quantitative estimate of drug-likeness (QED) is 0.229. The summed E-state index contributed by atoms with van der Waals surface area (Å²) in [7, 11) is 0.521. The van der Waals surface area contributed by atoms with E-state index in [0.717, 1.165) is 18.2 Å². The summed E-state index contributed by atoms with van der Waals surface area (Å²) >= 11 is 0. The lowest BCUT2D eigenvalue weighted by Gasteiger charge is -2.43. The molecule has 1 aromatic carbocycles. The number of ether oxygens (including phenoxy) is 2. The Morgan fingerprint density at radius 1 is 0.575 bits per heavy atom. The third kappa shape index (κ3) is 5.62. The van der Waals surface area contributed by atoms with Crippen LogP contribution in [-0.2, 0) is 4.74 Å². The molecule has 0 radical (unpaired) electrons. The first-order chi connectivity index (χ1) is 17.4. The van der Waals surface area contributed by atoms with Crippen LogP contribution in [0.1, 0.15) is 38.9 Å². The summed E-state index contributed by atoms with van der Waals surface area (Å²) in [5.74, 6) is -57.2. The molecule has 1 atom stereocenters. The maximum absolute atomic E-state index is 14.5. The molecule has 0 saturated carbocycles. The molecule has 0 amide bonds. The first-order valence-corrected chi connectivity index (χ1v) is 10.4. The third-order valence-corrected chi connectivity index (χ3v) is 5.20. The standard InChI is InChI=1S/C21H19F17O2/c1-13(2,3)40-11-8-6-5-7-10(11)12(39-4)9-14(22,23)15(24,25)16(26,27)17(28,29)18(30,31)19(32,33)20(34,35)21(36,37)38/h5-8,12H,9H2,1-4H3. The van der Waals surface area contributed by atoms with Crippen molar-refractivity contribution in [3.63, 3.8) is 0 Å². The van der Waals surface area contributed by atoms with Crippen molar-refractivity contribution in [2.24, 2.45) is 0 Å². The number of para-hydroxylation sites is 1. The van der Waals surface area contributed by atoms with Gasteiger partial charge in [-0.05, 0) is 26.8 Å².